The molecule has 3 rings (SSSR count). The van der Waals surface area contributed by atoms with Gasteiger partial charge in [0.1, 0.15) is 11.6 Å². The lowest BCUT2D eigenvalue weighted by Gasteiger charge is -2.11. The summed E-state index contributed by atoms with van der Waals surface area (Å²) in [4.78, 5) is 4.87. The van der Waals surface area contributed by atoms with Crippen molar-refractivity contribution in [2.24, 2.45) is 5.92 Å². The number of aryl methyl sites for hydroxylation is 2. The molecule has 0 fully saturated rings. The molecule has 0 aliphatic heterocycles. The first-order valence-corrected chi connectivity index (χ1v) is 8.74. The van der Waals surface area contributed by atoms with Crippen molar-refractivity contribution in [2.45, 2.75) is 39.7 Å². The molecule has 3 heteroatoms. The van der Waals surface area contributed by atoms with Gasteiger partial charge in [0.15, 0.2) is 0 Å². The van der Waals surface area contributed by atoms with Crippen molar-refractivity contribution in [1.82, 2.24) is 9.55 Å². The van der Waals surface area contributed by atoms with Gasteiger partial charge in [-0.1, -0.05) is 44.2 Å². The van der Waals surface area contributed by atoms with Gasteiger partial charge in [0.05, 0.1) is 18.1 Å². The predicted octanol–water partition coefficient (Wildman–Crippen LogP) is 4.88. The quantitative estimate of drug-likeness (QED) is 0.620. The molecule has 0 saturated heterocycles. The normalized spacial score (nSPS) is 11.3. The minimum atomic E-state index is 0.594. The molecule has 3 nitrogen and oxygen atoms in total. The van der Waals surface area contributed by atoms with Crippen LogP contribution in [0.3, 0.4) is 0 Å². The summed E-state index contributed by atoms with van der Waals surface area (Å²) in [6.45, 7) is 5.49. The molecule has 0 spiro atoms. The van der Waals surface area contributed by atoms with Gasteiger partial charge >= 0.3 is 0 Å². The summed E-state index contributed by atoms with van der Waals surface area (Å²) in [5.41, 5.74) is 3.64. The zero-order valence-corrected chi connectivity index (χ0v) is 14.8. The molecule has 0 saturated carbocycles. The summed E-state index contributed by atoms with van der Waals surface area (Å²) in [6.07, 6.45) is 3.21. The van der Waals surface area contributed by atoms with Crippen LogP contribution in [-0.4, -0.2) is 16.7 Å². The minimum Gasteiger partial charge on any atom is -0.497 e. The molecule has 0 radical (unpaired) electrons. The van der Waals surface area contributed by atoms with E-state index in [4.69, 9.17) is 9.72 Å². The Morgan fingerprint density at radius 3 is 2.58 bits per heavy atom. The Morgan fingerprint density at radius 2 is 1.88 bits per heavy atom. The van der Waals surface area contributed by atoms with Crippen LogP contribution < -0.4 is 4.74 Å². The van der Waals surface area contributed by atoms with Gasteiger partial charge in [0.2, 0.25) is 0 Å². The maximum absolute atomic E-state index is 5.34. The second kappa shape index (κ2) is 7.52. The fraction of sp³-hybridized carbons (Fsp3) is 0.381. The van der Waals surface area contributed by atoms with Crippen LogP contribution in [0.25, 0.3) is 11.0 Å². The maximum Gasteiger partial charge on any atom is 0.121 e. The van der Waals surface area contributed by atoms with Crippen LogP contribution in [0.2, 0.25) is 0 Å². The van der Waals surface area contributed by atoms with Crippen LogP contribution in [0, 0.1) is 5.92 Å². The first-order chi connectivity index (χ1) is 11.7. The third-order valence-electron chi connectivity index (χ3n) is 4.32. The average Bonchev–Trinajstić information content (AvgIpc) is 2.91. The molecular formula is C21H26N2O. The third-order valence-corrected chi connectivity index (χ3v) is 4.32. The smallest absolute Gasteiger partial charge is 0.121 e. The van der Waals surface area contributed by atoms with Crippen molar-refractivity contribution in [2.75, 3.05) is 7.11 Å². The van der Waals surface area contributed by atoms with E-state index < -0.39 is 0 Å². The van der Waals surface area contributed by atoms with E-state index in [1.807, 2.05) is 12.1 Å². The van der Waals surface area contributed by atoms with E-state index in [1.54, 1.807) is 7.11 Å². The molecule has 0 aliphatic rings. The van der Waals surface area contributed by atoms with Gasteiger partial charge in [-0.2, -0.15) is 0 Å². The van der Waals surface area contributed by atoms with Crippen molar-refractivity contribution in [3.8, 4) is 5.75 Å². The first kappa shape index (κ1) is 16.6. The average molecular weight is 322 g/mol. The summed E-state index contributed by atoms with van der Waals surface area (Å²) in [5.74, 6) is 2.64. The number of hydrogen-bond acceptors (Lipinski definition) is 2. The molecule has 0 aliphatic carbocycles. The number of aromatic nitrogens is 2. The summed E-state index contributed by atoms with van der Waals surface area (Å²) in [7, 11) is 1.70. The number of imidazole rings is 1. The summed E-state index contributed by atoms with van der Waals surface area (Å²) in [5, 5.41) is 0. The van der Waals surface area contributed by atoms with E-state index in [2.05, 4.69) is 54.8 Å². The van der Waals surface area contributed by atoms with E-state index in [0.717, 1.165) is 37.1 Å². The van der Waals surface area contributed by atoms with Gasteiger partial charge in [-0.15, -0.1) is 0 Å². The molecule has 1 aromatic heterocycles. The topological polar surface area (TPSA) is 27.1 Å². The fourth-order valence-corrected chi connectivity index (χ4v) is 3.14. The minimum absolute atomic E-state index is 0.594. The summed E-state index contributed by atoms with van der Waals surface area (Å²) in [6, 6.07) is 16.9. The van der Waals surface area contributed by atoms with Crippen molar-refractivity contribution < 1.29 is 4.74 Å². The fourth-order valence-electron chi connectivity index (χ4n) is 3.14. The summed E-state index contributed by atoms with van der Waals surface area (Å²) < 4.78 is 7.73. The lowest BCUT2D eigenvalue weighted by Crippen LogP contribution is -2.08. The Hall–Kier alpha value is -2.29. The molecule has 0 amide bonds. The molecule has 1 heterocycles. The molecule has 24 heavy (non-hydrogen) atoms. The summed E-state index contributed by atoms with van der Waals surface area (Å²) >= 11 is 0. The van der Waals surface area contributed by atoms with E-state index in [0.29, 0.717) is 5.92 Å². The van der Waals surface area contributed by atoms with Gasteiger partial charge in [-0.25, -0.2) is 4.98 Å². The number of methoxy groups -OCH3 is 1. The number of rotatable bonds is 7. The van der Waals surface area contributed by atoms with E-state index in [9.17, 15) is 0 Å². The largest absolute Gasteiger partial charge is 0.497 e. The highest BCUT2D eigenvalue weighted by Gasteiger charge is 2.12. The highest BCUT2D eigenvalue weighted by Crippen LogP contribution is 2.23. The molecule has 0 bridgehead atoms. The van der Waals surface area contributed by atoms with Gasteiger partial charge in [-0.3, -0.25) is 0 Å². The van der Waals surface area contributed by atoms with Gasteiger partial charge in [0, 0.05) is 19.0 Å². The Balaban J connectivity index is 1.83. The molecule has 2 aromatic carbocycles. The Labute approximate surface area is 144 Å². The van der Waals surface area contributed by atoms with Gasteiger partial charge in [-0.05, 0) is 36.5 Å². The molecule has 126 valence electrons. The maximum atomic E-state index is 5.34. The predicted molar refractivity (Wildman–Crippen MR) is 99.6 cm³/mol. The number of fused-ring (bicyclic) bond motifs is 1. The van der Waals surface area contributed by atoms with Gasteiger partial charge in [0.25, 0.3) is 0 Å². The van der Waals surface area contributed by atoms with Gasteiger partial charge < -0.3 is 9.30 Å². The van der Waals surface area contributed by atoms with Crippen LogP contribution in [0.5, 0.6) is 5.75 Å². The standard InChI is InChI=1S/C21H26N2O/c1-16(2)14-21-22-19-15-18(24-3)11-12-20(19)23(21)13-7-10-17-8-5-4-6-9-17/h4-6,8-9,11-12,15-16H,7,10,13-14H2,1-3H3. The number of hydrogen-bond donors (Lipinski definition) is 0. The molecule has 0 atom stereocenters. The van der Waals surface area contributed by atoms with Crippen molar-refractivity contribution in [3.63, 3.8) is 0 Å². The lowest BCUT2D eigenvalue weighted by atomic mass is 10.1. The lowest BCUT2D eigenvalue weighted by molar-refractivity contribution is 0.415. The van der Waals surface area contributed by atoms with Crippen molar-refractivity contribution in [3.05, 3.63) is 59.9 Å². The number of benzene rings is 2. The molecule has 0 N–H and O–H groups in total. The Bertz CT molecular complexity index is 790. The zero-order valence-electron chi connectivity index (χ0n) is 14.8. The Morgan fingerprint density at radius 1 is 1.08 bits per heavy atom. The molecule has 0 unspecified atom stereocenters. The third kappa shape index (κ3) is 3.78. The van der Waals surface area contributed by atoms with Crippen LogP contribution in [0.4, 0.5) is 0 Å². The second-order valence-electron chi connectivity index (χ2n) is 6.72. The van der Waals surface area contributed by atoms with E-state index in [1.165, 1.54) is 16.9 Å². The van der Waals surface area contributed by atoms with E-state index >= 15 is 0 Å². The van der Waals surface area contributed by atoms with Crippen LogP contribution >= 0.6 is 0 Å². The second-order valence-corrected chi connectivity index (χ2v) is 6.72. The van der Waals surface area contributed by atoms with Crippen LogP contribution in [0.15, 0.2) is 48.5 Å². The molecule has 3 aromatic rings. The monoisotopic (exact) mass is 322 g/mol. The van der Waals surface area contributed by atoms with E-state index in [-0.39, 0.29) is 0 Å². The van der Waals surface area contributed by atoms with Crippen LogP contribution in [-0.2, 0) is 19.4 Å². The van der Waals surface area contributed by atoms with Crippen LogP contribution in [0.1, 0.15) is 31.7 Å². The number of nitrogens with zero attached hydrogens (tertiary/aromatic N) is 2. The number of ether oxygens (including phenoxy) is 1. The van der Waals surface area contributed by atoms with Crippen molar-refractivity contribution in [1.29, 1.82) is 0 Å². The van der Waals surface area contributed by atoms with Crippen molar-refractivity contribution >= 4 is 11.0 Å². The highest BCUT2D eigenvalue weighted by molar-refractivity contribution is 5.77. The Kier molecular flexibility index (Phi) is 5.19. The zero-order chi connectivity index (χ0) is 16.9. The first-order valence-electron chi connectivity index (χ1n) is 8.74. The molecular weight excluding hydrogens is 296 g/mol. The highest BCUT2D eigenvalue weighted by atomic mass is 16.5. The SMILES string of the molecule is COc1ccc2c(c1)nc(CC(C)C)n2CCCc1ccccc1.